The van der Waals surface area contributed by atoms with Gasteiger partial charge in [0.1, 0.15) is 0 Å². The van der Waals surface area contributed by atoms with Crippen LogP contribution in [-0.4, -0.2) is 16.0 Å². The van der Waals surface area contributed by atoms with Crippen LogP contribution < -0.4 is 16.0 Å². The van der Waals surface area contributed by atoms with Crippen molar-refractivity contribution in [3.8, 4) is 0 Å². The lowest BCUT2D eigenvalue weighted by atomic mass is 10.2. The zero-order chi connectivity index (χ0) is 18.5. The number of nitrogens with zero attached hydrogens (tertiary/aromatic N) is 2. The summed E-state index contributed by atoms with van der Waals surface area (Å²) in [6, 6.07) is 15.8. The number of hydrogen-bond acceptors (Lipinski definition) is 4. The summed E-state index contributed by atoms with van der Waals surface area (Å²) < 4.78 is 0. The Balaban J connectivity index is 1.67. The molecule has 0 bridgehead atoms. The van der Waals surface area contributed by atoms with Gasteiger partial charge in [-0.2, -0.15) is 0 Å². The number of benzene rings is 2. The summed E-state index contributed by atoms with van der Waals surface area (Å²) in [5, 5.41) is 9.22. The highest BCUT2D eigenvalue weighted by Crippen LogP contribution is 2.19. The molecule has 3 rings (SSSR count). The molecular formula is C19H18ClN5O. The van der Waals surface area contributed by atoms with Crippen LogP contribution in [0.2, 0.25) is 5.02 Å². The molecule has 0 unspecified atom stereocenters. The lowest BCUT2D eigenvalue weighted by molar-refractivity contribution is 0.262. The van der Waals surface area contributed by atoms with E-state index in [9.17, 15) is 4.79 Å². The molecule has 132 valence electrons. The Morgan fingerprint density at radius 2 is 1.42 bits per heavy atom. The van der Waals surface area contributed by atoms with E-state index in [1.165, 1.54) is 0 Å². The van der Waals surface area contributed by atoms with Gasteiger partial charge < -0.3 is 16.0 Å². The molecule has 0 fully saturated rings. The third-order valence-corrected chi connectivity index (χ3v) is 3.68. The lowest BCUT2D eigenvalue weighted by Crippen LogP contribution is -2.19. The average Bonchev–Trinajstić information content (AvgIpc) is 2.54. The van der Waals surface area contributed by atoms with Crippen LogP contribution >= 0.6 is 11.6 Å². The number of nitrogens with one attached hydrogen (secondary N) is 3. The Morgan fingerprint density at radius 3 is 2.08 bits per heavy atom. The fourth-order valence-corrected chi connectivity index (χ4v) is 2.64. The van der Waals surface area contributed by atoms with E-state index in [-0.39, 0.29) is 6.03 Å². The van der Waals surface area contributed by atoms with Gasteiger partial charge >= 0.3 is 6.03 Å². The van der Waals surface area contributed by atoms with Crippen molar-refractivity contribution in [3.63, 3.8) is 0 Å². The van der Waals surface area contributed by atoms with Crippen LogP contribution in [0.4, 0.5) is 27.8 Å². The van der Waals surface area contributed by atoms with Crippen molar-refractivity contribution in [2.45, 2.75) is 13.8 Å². The second kappa shape index (κ2) is 7.84. The predicted octanol–water partition coefficient (Wildman–Crippen LogP) is 5.13. The number of anilines is 4. The second-order valence-corrected chi connectivity index (χ2v) is 6.21. The smallest absolute Gasteiger partial charge is 0.323 e. The lowest BCUT2D eigenvalue weighted by Gasteiger charge is -2.10. The SMILES string of the molecule is Cc1cc(C)nc(Nc2cccc(NC(=O)Nc3cccc(Cl)c3)c2)n1. The minimum absolute atomic E-state index is 0.355. The molecule has 6 nitrogen and oxygen atoms in total. The Kier molecular flexibility index (Phi) is 5.34. The summed E-state index contributed by atoms with van der Waals surface area (Å²) in [4.78, 5) is 20.8. The zero-order valence-corrected chi connectivity index (χ0v) is 15.1. The number of carbonyl (C=O) groups is 1. The van der Waals surface area contributed by atoms with Crippen molar-refractivity contribution >= 4 is 40.6 Å². The largest absolute Gasteiger partial charge is 0.324 e. The minimum Gasteiger partial charge on any atom is -0.324 e. The van der Waals surface area contributed by atoms with Crippen molar-refractivity contribution in [3.05, 3.63) is 71.0 Å². The molecule has 2 aromatic carbocycles. The molecule has 0 saturated heterocycles. The van der Waals surface area contributed by atoms with Gasteiger partial charge in [-0.3, -0.25) is 0 Å². The maximum absolute atomic E-state index is 12.1. The van der Waals surface area contributed by atoms with Crippen LogP contribution in [0.5, 0.6) is 0 Å². The number of urea groups is 1. The normalized spacial score (nSPS) is 10.3. The van der Waals surface area contributed by atoms with Crippen LogP contribution in [0.25, 0.3) is 0 Å². The zero-order valence-electron chi connectivity index (χ0n) is 14.4. The molecular weight excluding hydrogens is 350 g/mol. The van der Waals surface area contributed by atoms with Gasteiger partial charge in [-0.1, -0.05) is 23.7 Å². The first-order valence-electron chi connectivity index (χ1n) is 8.01. The first kappa shape index (κ1) is 17.7. The number of aromatic nitrogens is 2. The Bertz CT molecular complexity index is 924. The third-order valence-electron chi connectivity index (χ3n) is 3.44. The average molecular weight is 368 g/mol. The van der Waals surface area contributed by atoms with Crippen molar-refractivity contribution < 1.29 is 4.79 Å². The summed E-state index contributed by atoms with van der Waals surface area (Å²) in [7, 11) is 0. The van der Waals surface area contributed by atoms with Crippen LogP contribution in [-0.2, 0) is 0 Å². The highest BCUT2D eigenvalue weighted by molar-refractivity contribution is 6.30. The van der Waals surface area contributed by atoms with Gasteiger partial charge in [-0.15, -0.1) is 0 Å². The molecule has 7 heteroatoms. The molecule has 1 heterocycles. The van der Waals surface area contributed by atoms with E-state index in [4.69, 9.17) is 11.6 Å². The Hall–Kier alpha value is -3.12. The molecule has 0 saturated carbocycles. The summed E-state index contributed by atoms with van der Waals surface area (Å²) in [5.41, 5.74) is 3.80. The van der Waals surface area contributed by atoms with Crippen LogP contribution in [0.3, 0.4) is 0 Å². The van der Waals surface area contributed by atoms with Crippen molar-refractivity contribution in [1.29, 1.82) is 0 Å². The maximum atomic E-state index is 12.1. The van der Waals surface area contributed by atoms with E-state index >= 15 is 0 Å². The van der Waals surface area contributed by atoms with Gasteiger partial charge in [0.05, 0.1) is 0 Å². The summed E-state index contributed by atoms with van der Waals surface area (Å²) in [6.45, 7) is 3.83. The summed E-state index contributed by atoms with van der Waals surface area (Å²) in [6.07, 6.45) is 0. The molecule has 3 aromatic rings. The highest BCUT2D eigenvalue weighted by Gasteiger charge is 2.05. The maximum Gasteiger partial charge on any atom is 0.323 e. The number of amides is 2. The summed E-state index contributed by atoms with van der Waals surface area (Å²) >= 11 is 5.92. The van der Waals surface area contributed by atoms with E-state index in [1.54, 1.807) is 36.4 Å². The van der Waals surface area contributed by atoms with Gasteiger partial charge in [0.2, 0.25) is 5.95 Å². The fourth-order valence-electron chi connectivity index (χ4n) is 2.45. The van der Waals surface area contributed by atoms with E-state index in [0.717, 1.165) is 17.1 Å². The molecule has 0 spiro atoms. The predicted molar refractivity (Wildman–Crippen MR) is 105 cm³/mol. The van der Waals surface area contributed by atoms with Crippen LogP contribution in [0.15, 0.2) is 54.6 Å². The number of aryl methyl sites for hydroxylation is 2. The number of rotatable bonds is 4. The van der Waals surface area contributed by atoms with Gasteiger partial charge in [-0.05, 0) is 56.3 Å². The third kappa shape index (κ3) is 4.94. The number of carbonyl (C=O) groups excluding carboxylic acids is 1. The minimum atomic E-state index is -0.355. The standard InChI is InChI=1S/C19H18ClN5O/c1-12-9-13(2)22-18(21-12)23-16-7-4-8-17(11-16)25-19(26)24-15-6-3-5-14(20)10-15/h3-11H,1-2H3,(H,21,22,23)(H2,24,25,26). The van der Waals surface area contributed by atoms with Crippen molar-refractivity contribution in [2.75, 3.05) is 16.0 Å². The quantitative estimate of drug-likeness (QED) is 0.597. The van der Waals surface area contributed by atoms with Gasteiger partial charge in [0.25, 0.3) is 0 Å². The van der Waals surface area contributed by atoms with E-state index < -0.39 is 0 Å². The molecule has 0 atom stereocenters. The highest BCUT2D eigenvalue weighted by atomic mass is 35.5. The number of halogens is 1. The van der Waals surface area contributed by atoms with Gasteiger partial charge in [-0.25, -0.2) is 14.8 Å². The molecule has 0 aliphatic rings. The van der Waals surface area contributed by atoms with Gasteiger partial charge in [0.15, 0.2) is 0 Å². The first-order chi connectivity index (χ1) is 12.5. The molecule has 2 amide bonds. The topological polar surface area (TPSA) is 78.9 Å². The van der Waals surface area contributed by atoms with Gasteiger partial charge in [0, 0.05) is 33.5 Å². The Labute approximate surface area is 156 Å². The van der Waals surface area contributed by atoms with E-state index in [0.29, 0.717) is 22.3 Å². The monoisotopic (exact) mass is 367 g/mol. The molecule has 26 heavy (non-hydrogen) atoms. The van der Waals surface area contributed by atoms with E-state index in [2.05, 4.69) is 25.9 Å². The fraction of sp³-hybridized carbons (Fsp3) is 0.105. The molecule has 3 N–H and O–H groups in total. The van der Waals surface area contributed by atoms with Crippen molar-refractivity contribution in [2.24, 2.45) is 0 Å². The first-order valence-corrected chi connectivity index (χ1v) is 8.39. The Morgan fingerprint density at radius 1 is 0.846 bits per heavy atom. The number of hydrogen-bond donors (Lipinski definition) is 3. The summed E-state index contributed by atoms with van der Waals surface area (Å²) in [5.74, 6) is 0.517. The molecule has 0 aliphatic heterocycles. The molecule has 0 aliphatic carbocycles. The van der Waals surface area contributed by atoms with Crippen molar-refractivity contribution in [1.82, 2.24) is 9.97 Å². The second-order valence-electron chi connectivity index (χ2n) is 5.77. The van der Waals surface area contributed by atoms with E-state index in [1.807, 2.05) is 32.0 Å². The molecule has 1 aromatic heterocycles. The van der Waals surface area contributed by atoms with Crippen LogP contribution in [0, 0.1) is 13.8 Å². The molecule has 0 radical (unpaired) electrons. The van der Waals surface area contributed by atoms with Crippen LogP contribution in [0.1, 0.15) is 11.4 Å².